The van der Waals surface area contributed by atoms with Crippen molar-refractivity contribution in [2.45, 2.75) is 43.6 Å². The number of carbonyl (C=O) groups is 2. The van der Waals surface area contributed by atoms with E-state index in [-0.39, 0.29) is 6.04 Å². The second kappa shape index (κ2) is 5.21. The lowest BCUT2D eigenvalue weighted by Crippen LogP contribution is -2.67. The van der Waals surface area contributed by atoms with E-state index in [0.717, 1.165) is 13.1 Å². The highest BCUT2D eigenvalue weighted by Crippen LogP contribution is 2.44. The first-order valence-electron chi connectivity index (χ1n) is 6.25. The Bertz CT molecular complexity index is 415. The molecule has 0 aromatic rings. The number of halogens is 3. The van der Waals surface area contributed by atoms with Gasteiger partial charge in [-0.15, -0.1) is 0 Å². The predicted molar refractivity (Wildman–Crippen MR) is 59.9 cm³/mol. The number of nitrogens with one attached hydrogen (secondary N) is 1. The van der Waals surface area contributed by atoms with Crippen molar-refractivity contribution < 1.29 is 33.0 Å². The van der Waals surface area contributed by atoms with Gasteiger partial charge >= 0.3 is 18.1 Å². The molecule has 2 saturated heterocycles. The third kappa shape index (κ3) is 2.59. The third-order valence-corrected chi connectivity index (χ3v) is 4.08. The van der Waals surface area contributed by atoms with Crippen LogP contribution in [-0.2, 0) is 9.59 Å². The van der Waals surface area contributed by atoms with Gasteiger partial charge in [-0.3, -0.25) is 15.0 Å². The Morgan fingerprint density at radius 1 is 1.20 bits per heavy atom. The van der Waals surface area contributed by atoms with E-state index in [1.54, 1.807) is 0 Å². The molecule has 20 heavy (non-hydrogen) atoms. The molecule has 3 fully saturated rings. The Morgan fingerprint density at radius 2 is 1.80 bits per heavy atom. The summed E-state index contributed by atoms with van der Waals surface area (Å²) in [5.41, 5.74) is 0. The lowest BCUT2D eigenvalue weighted by Gasteiger charge is -2.52. The molecule has 3 rings (SSSR count). The fraction of sp³-hybridized carbons (Fsp3) is 0.818. The van der Waals surface area contributed by atoms with Gasteiger partial charge in [0.05, 0.1) is 0 Å². The van der Waals surface area contributed by atoms with Gasteiger partial charge in [0, 0.05) is 24.7 Å². The average Bonchev–Trinajstić information content (AvgIpc) is 2.68. The van der Waals surface area contributed by atoms with Crippen molar-refractivity contribution >= 4 is 11.9 Å². The van der Waals surface area contributed by atoms with E-state index in [0.29, 0.717) is 18.0 Å². The minimum Gasteiger partial charge on any atom is -0.480 e. The first-order chi connectivity index (χ1) is 9.23. The van der Waals surface area contributed by atoms with E-state index in [2.05, 4.69) is 10.2 Å². The number of alkyl halides is 3. The summed E-state index contributed by atoms with van der Waals surface area (Å²) >= 11 is 0. The normalized spacial score (nSPS) is 35.4. The van der Waals surface area contributed by atoms with E-state index in [1.165, 1.54) is 12.8 Å². The second-order valence-corrected chi connectivity index (χ2v) is 5.15. The summed E-state index contributed by atoms with van der Waals surface area (Å²) in [7, 11) is 0. The van der Waals surface area contributed by atoms with Crippen LogP contribution in [0.15, 0.2) is 0 Å². The summed E-state index contributed by atoms with van der Waals surface area (Å²) < 4.78 is 31.7. The highest BCUT2D eigenvalue weighted by atomic mass is 19.4. The highest BCUT2D eigenvalue weighted by molar-refractivity contribution is 5.76. The van der Waals surface area contributed by atoms with Crippen molar-refractivity contribution in [2.75, 3.05) is 6.67 Å². The lowest BCUT2D eigenvalue weighted by molar-refractivity contribution is -0.192. The summed E-state index contributed by atoms with van der Waals surface area (Å²) in [4.78, 5) is 22.0. The zero-order valence-electron chi connectivity index (χ0n) is 10.4. The molecule has 2 heterocycles. The molecule has 0 amide bonds. The standard InChI is InChI=1S/C9H14N2O2.C2HF3O2/c12-9(13)8-5-2-1-3-6-7(5)11(8)4-10-6;3-2(4,5)1(6)7/h5-8,10H,1-4H2,(H,12,13);(H,6,7). The Morgan fingerprint density at radius 3 is 2.30 bits per heavy atom. The van der Waals surface area contributed by atoms with E-state index in [4.69, 9.17) is 15.0 Å². The van der Waals surface area contributed by atoms with Crippen molar-refractivity contribution in [1.82, 2.24) is 10.2 Å². The maximum Gasteiger partial charge on any atom is 0.490 e. The number of carboxylic acid groups (broad SMARTS) is 2. The molecule has 0 spiro atoms. The smallest absolute Gasteiger partial charge is 0.480 e. The number of nitrogens with zero attached hydrogens (tertiary/aromatic N) is 1. The van der Waals surface area contributed by atoms with Crippen LogP contribution in [-0.4, -0.2) is 58.0 Å². The van der Waals surface area contributed by atoms with Crippen molar-refractivity contribution in [2.24, 2.45) is 5.92 Å². The molecule has 1 saturated carbocycles. The van der Waals surface area contributed by atoms with Crippen LogP contribution in [0.4, 0.5) is 13.2 Å². The zero-order chi connectivity index (χ0) is 15.1. The Balaban J connectivity index is 0.000000182. The topological polar surface area (TPSA) is 89.9 Å². The Kier molecular flexibility index (Phi) is 3.92. The van der Waals surface area contributed by atoms with Gasteiger partial charge in [0.2, 0.25) is 0 Å². The molecule has 6 nitrogen and oxygen atoms in total. The molecule has 0 bridgehead atoms. The molecule has 0 radical (unpaired) electrons. The monoisotopic (exact) mass is 296 g/mol. The maximum absolute atomic E-state index is 11.0. The zero-order valence-corrected chi connectivity index (χ0v) is 10.4. The Hall–Kier alpha value is -1.35. The summed E-state index contributed by atoms with van der Waals surface area (Å²) in [6, 6.07) is 0.923. The van der Waals surface area contributed by atoms with Crippen molar-refractivity contribution in [3.8, 4) is 0 Å². The molecule has 0 aromatic carbocycles. The molecule has 9 heteroatoms. The molecule has 4 atom stereocenters. The van der Waals surface area contributed by atoms with Crippen molar-refractivity contribution in [1.29, 1.82) is 0 Å². The third-order valence-electron chi connectivity index (χ3n) is 4.08. The molecule has 2 aliphatic heterocycles. The molecule has 4 unspecified atom stereocenters. The van der Waals surface area contributed by atoms with E-state index < -0.39 is 18.1 Å². The number of rotatable bonds is 1. The van der Waals surface area contributed by atoms with E-state index >= 15 is 0 Å². The Labute approximate surface area is 112 Å². The van der Waals surface area contributed by atoms with E-state index in [9.17, 15) is 18.0 Å². The van der Waals surface area contributed by atoms with Gasteiger partial charge in [-0.25, -0.2) is 4.79 Å². The summed E-state index contributed by atoms with van der Waals surface area (Å²) in [5, 5.41) is 19.5. The van der Waals surface area contributed by atoms with Gasteiger partial charge in [0.1, 0.15) is 6.04 Å². The average molecular weight is 296 g/mol. The lowest BCUT2D eigenvalue weighted by atomic mass is 9.70. The van der Waals surface area contributed by atoms with E-state index in [1.807, 2.05) is 0 Å². The van der Waals surface area contributed by atoms with Crippen molar-refractivity contribution in [3.63, 3.8) is 0 Å². The van der Waals surface area contributed by atoms with Crippen LogP contribution in [0.25, 0.3) is 0 Å². The van der Waals surface area contributed by atoms with Gasteiger partial charge in [0.15, 0.2) is 0 Å². The fourth-order valence-electron chi connectivity index (χ4n) is 3.34. The molecule has 114 valence electrons. The molecular formula is C11H15F3N2O4. The highest BCUT2D eigenvalue weighted by Gasteiger charge is 2.58. The van der Waals surface area contributed by atoms with Gasteiger partial charge in [-0.1, -0.05) is 6.42 Å². The van der Waals surface area contributed by atoms with Crippen LogP contribution in [0, 0.1) is 5.92 Å². The van der Waals surface area contributed by atoms with Gasteiger partial charge in [-0.05, 0) is 12.8 Å². The number of carboxylic acids is 2. The summed E-state index contributed by atoms with van der Waals surface area (Å²) in [6.45, 7) is 0.781. The number of hydrogen-bond acceptors (Lipinski definition) is 4. The minimum absolute atomic E-state index is 0.192. The molecule has 3 aliphatic rings. The van der Waals surface area contributed by atoms with Gasteiger partial charge < -0.3 is 10.2 Å². The molecular weight excluding hydrogens is 281 g/mol. The molecule has 3 N–H and O–H groups in total. The SMILES string of the molecule is O=C(O)C(F)(F)F.O=C(O)C1C2CCCC3NCN1C32. The van der Waals surface area contributed by atoms with Crippen LogP contribution in [0.3, 0.4) is 0 Å². The largest absolute Gasteiger partial charge is 0.490 e. The van der Waals surface area contributed by atoms with Gasteiger partial charge in [-0.2, -0.15) is 13.2 Å². The second-order valence-electron chi connectivity index (χ2n) is 5.15. The first kappa shape index (κ1) is 15.0. The summed E-state index contributed by atoms with van der Waals surface area (Å²) in [6.07, 6.45) is -1.56. The van der Waals surface area contributed by atoms with Crippen LogP contribution in [0.5, 0.6) is 0 Å². The molecule has 0 aromatic heterocycles. The van der Waals surface area contributed by atoms with Crippen LogP contribution < -0.4 is 5.32 Å². The number of hydrogen-bond donors (Lipinski definition) is 3. The van der Waals surface area contributed by atoms with Crippen LogP contribution in [0.2, 0.25) is 0 Å². The first-order valence-corrected chi connectivity index (χ1v) is 6.25. The van der Waals surface area contributed by atoms with Gasteiger partial charge in [0.25, 0.3) is 0 Å². The van der Waals surface area contributed by atoms with Crippen LogP contribution >= 0.6 is 0 Å². The maximum atomic E-state index is 11.0. The van der Waals surface area contributed by atoms with Crippen LogP contribution in [0.1, 0.15) is 19.3 Å². The predicted octanol–water partition coefficient (Wildman–Crippen LogP) is 0.486. The minimum atomic E-state index is -5.08. The quantitative estimate of drug-likeness (QED) is 0.652. The molecule has 1 aliphatic carbocycles. The summed E-state index contributed by atoms with van der Waals surface area (Å²) in [5.74, 6) is -2.97. The van der Waals surface area contributed by atoms with Crippen molar-refractivity contribution in [3.05, 3.63) is 0 Å². The number of aliphatic carboxylic acids is 2. The fourth-order valence-corrected chi connectivity index (χ4v) is 3.34.